The van der Waals surface area contributed by atoms with Crippen LogP contribution in [0.5, 0.6) is 11.6 Å². The molecule has 0 atom stereocenters. The number of hydrogen-bond donors (Lipinski definition) is 2. The second-order valence-electron chi connectivity index (χ2n) is 7.83. The summed E-state index contributed by atoms with van der Waals surface area (Å²) in [5, 5.41) is 5.67. The van der Waals surface area contributed by atoms with Gasteiger partial charge < -0.3 is 15.4 Å². The van der Waals surface area contributed by atoms with E-state index in [-0.39, 0.29) is 23.9 Å². The topological polar surface area (TPSA) is 99.7 Å². The summed E-state index contributed by atoms with van der Waals surface area (Å²) in [6, 6.07) is 22.9. The quantitative estimate of drug-likeness (QED) is 0.368. The van der Waals surface area contributed by atoms with Crippen molar-refractivity contribution in [3.05, 3.63) is 97.1 Å². The molecule has 1 fully saturated rings. The van der Waals surface area contributed by atoms with E-state index in [0.717, 1.165) is 16.7 Å². The summed E-state index contributed by atoms with van der Waals surface area (Å²) in [5.41, 5.74) is 1.72. The number of amides is 4. The highest BCUT2D eigenvalue weighted by atomic mass is 19.1. The average Bonchev–Trinajstić information content (AvgIpc) is 3.28. The molecule has 0 unspecified atom stereocenters. The molecular weight excluding hydrogens is 463 g/mol. The van der Waals surface area contributed by atoms with E-state index in [9.17, 15) is 14.0 Å². The number of hydrogen-bond acceptors (Lipinski definition) is 6. The molecule has 0 aliphatic carbocycles. The Kier molecular flexibility index (Phi) is 6.39. The third-order valence-corrected chi connectivity index (χ3v) is 5.41. The van der Waals surface area contributed by atoms with E-state index in [1.807, 2.05) is 48.5 Å². The molecule has 4 amide bonds. The molecule has 10 heteroatoms. The predicted octanol–water partition coefficient (Wildman–Crippen LogP) is 5.63. The normalized spacial score (nSPS) is 13.0. The van der Waals surface area contributed by atoms with Crippen LogP contribution in [0.1, 0.15) is 0 Å². The maximum atomic E-state index is 14.7. The van der Waals surface area contributed by atoms with Crippen molar-refractivity contribution in [2.45, 2.75) is 0 Å². The Labute approximate surface area is 206 Å². The van der Waals surface area contributed by atoms with Gasteiger partial charge in [0.25, 0.3) is 0 Å². The third-order valence-electron chi connectivity index (χ3n) is 5.41. The van der Waals surface area contributed by atoms with Gasteiger partial charge in [0, 0.05) is 35.7 Å². The molecule has 2 heterocycles. The molecule has 9 nitrogen and oxygen atoms in total. The van der Waals surface area contributed by atoms with Gasteiger partial charge >= 0.3 is 12.1 Å². The predicted molar refractivity (Wildman–Crippen MR) is 133 cm³/mol. The molecule has 0 saturated carbocycles. The molecule has 36 heavy (non-hydrogen) atoms. The lowest BCUT2D eigenvalue weighted by atomic mass is 10.3. The van der Waals surface area contributed by atoms with Crippen LogP contribution in [0.4, 0.5) is 36.9 Å². The van der Waals surface area contributed by atoms with Crippen LogP contribution in [0.15, 0.2) is 91.3 Å². The van der Waals surface area contributed by atoms with E-state index < -0.39 is 17.9 Å². The molecule has 0 radical (unpaired) electrons. The summed E-state index contributed by atoms with van der Waals surface area (Å²) in [6.45, 7) is 0.591. The molecule has 0 spiro atoms. The van der Waals surface area contributed by atoms with Crippen molar-refractivity contribution in [1.82, 2.24) is 14.9 Å². The van der Waals surface area contributed by atoms with E-state index in [0.29, 0.717) is 18.1 Å². The van der Waals surface area contributed by atoms with E-state index in [2.05, 4.69) is 20.6 Å². The minimum Gasteiger partial charge on any atom is -0.436 e. The van der Waals surface area contributed by atoms with E-state index in [1.165, 1.54) is 23.4 Å². The number of benzene rings is 3. The number of nitrogens with zero attached hydrogens (tertiary/aromatic N) is 4. The fourth-order valence-electron chi connectivity index (χ4n) is 3.67. The molecule has 1 saturated heterocycles. The standard InChI is InChI=1S/C26H21FN6O3/c27-21-15-19(31-25(34)33-14-13-32(26(33)35)20-9-5-2-6-10-20)11-12-22(21)36-24-16-23(28-17-29-24)30-18-7-3-1-4-8-18/h1-12,15-17H,13-14H2,(H,31,34)(H,28,29,30). The molecule has 0 bridgehead atoms. The number of imide groups is 1. The monoisotopic (exact) mass is 484 g/mol. The highest BCUT2D eigenvalue weighted by Gasteiger charge is 2.34. The highest BCUT2D eigenvalue weighted by Crippen LogP contribution is 2.28. The van der Waals surface area contributed by atoms with Crippen molar-refractivity contribution in [2.75, 3.05) is 28.6 Å². The second kappa shape index (κ2) is 10.1. The van der Waals surface area contributed by atoms with Crippen LogP contribution in [0, 0.1) is 5.82 Å². The molecule has 5 rings (SSSR count). The maximum absolute atomic E-state index is 14.7. The van der Waals surface area contributed by atoms with Gasteiger partial charge in [-0.1, -0.05) is 36.4 Å². The number of anilines is 4. The van der Waals surface area contributed by atoms with Gasteiger partial charge in [-0.2, -0.15) is 0 Å². The SMILES string of the molecule is O=C(Nc1ccc(Oc2cc(Nc3ccccc3)ncn2)c(F)c1)N1CCN(c2ccccc2)C1=O. The molecule has 1 aliphatic heterocycles. The molecular formula is C26H21FN6O3. The van der Waals surface area contributed by atoms with E-state index in [1.54, 1.807) is 18.2 Å². The summed E-state index contributed by atoms with van der Waals surface area (Å²) in [4.78, 5) is 36.1. The van der Waals surface area contributed by atoms with Crippen molar-refractivity contribution in [3.8, 4) is 11.6 Å². The molecule has 4 aromatic rings. The Hall–Kier alpha value is -4.99. The van der Waals surface area contributed by atoms with Gasteiger partial charge in [-0.25, -0.2) is 28.8 Å². The van der Waals surface area contributed by atoms with E-state index >= 15 is 0 Å². The summed E-state index contributed by atoms with van der Waals surface area (Å²) in [6.07, 6.45) is 1.30. The van der Waals surface area contributed by atoms with Crippen molar-refractivity contribution in [2.24, 2.45) is 0 Å². The zero-order chi connectivity index (χ0) is 24.9. The third kappa shape index (κ3) is 5.07. The number of ether oxygens (including phenoxy) is 1. The van der Waals surface area contributed by atoms with Crippen LogP contribution < -0.4 is 20.3 Å². The Bertz CT molecular complexity index is 1390. The van der Waals surface area contributed by atoms with Gasteiger partial charge in [0.1, 0.15) is 12.1 Å². The summed E-state index contributed by atoms with van der Waals surface area (Å²) >= 11 is 0. The average molecular weight is 484 g/mol. The Morgan fingerprint density at radius 3 is 2.39 bits per heavy atom. The summed E-state index contributed by atoms with van der Waals surface area (Å²) < 4.78 is 20.3. The maximum Gasteiger partial charge on any atom is 0.332 e. The molecule has 1 aliphatic rings. The number of aromatic nitrogens is 2. The van der Waals surface area contributed by atoms with Gasteiger partial charge in [-0.05, 0) is 36.4 Å². The second-order valence-corrected chi connectivity index (χ2v) is 7.83. The van der Waals surface area contributed by atoms with Crippen LogP contribution in [0.25, 0.3) is 0 Å². The molecule has 3 aromatic carbocycles. The van der Waals surface area contributed by atoms with Crippen LogP contribution >= 0.6 is 0 Å². The fraction of sp³-hybridized carbons (Fsp3) is 0.0769. The molecule has 180 valence electrons. The Morgan fingerprint density at radius 1 is 0.889 bits per heavy atom. The first-order chi connectivity index (χ1) is 17.6. The first kappa shape index (κ1) is 22.8. The number of nitrogens with one attached hydrogen (secondary N) is 2. The van der Waals surface area contributed by atoms with Crippen molar-refractivity contribution in [3.63, 3.8) is 0 Å². The van der Waals surface area contributed by atoms with Gasteiger partial charge in [0.2, 0.25) is 5.88 Å². The van der Waals surface area contributed by atoms with Gasteiger partial charge in [-0.15, -0.1) is 0 Å². The van der Waals surface area contributed by atoms with Crippen LogP contribution in [0.3, 0.4) is 0 Å². The zero-order valence-corrected chi connectivity index (χ0v) is 19.0. The minimum absolute atomic E-state index is 0.0788. The van der Waals surface area contributed by atoms with Gasteiger partial charge in [-0.3, -0.25) is 4.90 Å². The van der Waals surface area contributed by atoms with Crippen molar-refractivity contribution in [1.29, 1.82) is 0 Å². The lowest BCUT2D eigenvalue weighted by Crippen LogP contribution is -2.39. The number of halogens is 1. The smallest absolute Gasteiger partial charge is 0.332 e. The van der Waals surface area contributed by atoms with Crippen LogP contribution in [0.2, 0.25) is 0 Å². The number of carbonyl (C=O) groups excluding carboxylic acids is 2. The Morgan fingerprint density at radius 2 is 1.64 bits per heavy atom. The van der Waals surface area contributed by atoms with Crippen LogP contribution in [-0.4, -0.2) is 40.0 Å². The number of para-hydroxylation sites is 2. The zero-order valence-electron chi connectivity index (χ0n) is 19.0. The minimum atomic E-state index is -0.706. The largest absolute Gasteiger partial charge is 0.436 e. The molecule has 1 aromatic heterocycles. The van der Waals surface area contributed by atoms with Crippen LogP contribution in [-0.2, 0) is 0 Å². The summed E-state index contributed by atoms with van der Waals surface area (Å²) in [7, 11) is 0. The Balaban J connectivity index is 1.22. The lowest BCUT2D eigenvalue weighted by Gasteiger charge is -2.18. The first-order valence-electron chi connectivity index (χ1n) is 11.1. The number of carbonyl (C=O) groups is 2. The molecule has 2 N–H and O–H groups in total. The van der Waals surface area contributed by atoms with Crippen molar-refractivity contribution >= 4 is 34.9 Å². The van der Waals surface area contributed by atoms with Gasteiger partial charge in [0.15, 0.2) is 11.6 Å². The number of urea groups is 2. The summed E-state index contributed by atoms with van der Waals surface area (Å²) in [5.74, 6) is -0.161. The number of rotatable bonds is 6. The van der Waals surface area contributed by atoms with Gasteiger partial charge in [0.05, 0.1) is 6.54 Å². The van der Waals surface area contributed by atoms with E-state index in [4.69, 9.17) is 4.74 Å². The highest BCUT2D eigenvalue weighted by molar-refractivity contribution is 6.08. The first-order valence-corrected chi connectivity index (χ1v) is 11.1. The lowest BCUT2D eigenvalue weighted by molar-refractivity contribution is 0.209. The van der Waals surface area contributed by atoms with Crippen molar-refractivity contribution < 1.29 is 18.7 Å². The fourth-order valence-corrected chi connectivity index (χ4v) is 3.67.